The predicted octanol–water partition coefficient (Wildman–Crippen LogP) is 5.30. The summed E-state index contributed by atoms with van der Waals surface area (Å²) in [5, 5.41) is 5.52. The second kappa shape index (κ2) is 6.64. The fourth-order valence-corrected chi connectivity index (χ4v) is 4.97. The number of anilines is 2. The molecule has 0 bridgehead atoms. The molecule has 2 heterocycles. The summed E-state index contributed by atoms with van der Waals surface area (Å²) in [5.41, 5.74) is 3.32. The van der Waals surface area contributed by atoms with Crippen LogP contribution in [0.2, 0.25) is 0 Å². The van der Waals surface area contributed by atoms with Crippen LogP contribution in [0.3, 0.4) is 0 Å². The molecule has 1 aromatic heterocycles. The number of rotatable bonds is 2. The van der Waals surface area contributed by atoms with Crippen LogP contribution in [0.25, 0.3) is 0 Å². The van der Waals surface area contributed by atoms with Crippen molar-refractivity contribution in [1.29, 1.82) is 0 Å². The Kier molecular flexibility index (Phi) is 4.42. The number of hydrogen-bond acceptors (Lipinski definition) is 4. The molecule has 0 saturated heterocycles. The molecule has 0 spiro atoms. The SMILES string of the molecule is CCC(=O)N1c2ccccc2NC2=C(C(=O)CC(C)(C)C2)[C@H]1c1cccs1. The van der Waals surface area contributed by atoms with E-state index in [0.29, 0.717) is 12.8 Å². The van der Waals surface area contributed by atoms with Crippen LogP contribution >= 0.6 is 11.3 Å². The van der Waals surface area contributed by atoms with Crippen molar-refractivity contribution in [2.75, 3.05) is 10.2 Å². The minimum absolute atomic E-state index is 0.0223. The molecule has 2 aromatic rings. The van der Waals surface area contributed by atoms with E-state index in [1.54, 1.807) is 11.3 Å². The van der Waals surface area contributed by atoms with Crippen LogP contribution in [0.4, 0.5) is 11.4 Å². The van der Waals surface area contributed by atoms with Crippen LogP contribution in [0.1, 0.15) is 51.0 Å². The van der Waals surface area contributed by atoms with Crippen LogP contribution < -0.4 is 10.2 Å². The lowest BCUT2D eigenvalue weighted by atomic mass is 9.74. The zero-order chi connectivity index (χ0) is 19.2. The number of allylic oxidation sites excluding steroid dienone is 1. The summed E-state index contributed by atoms with van der Waals surface area (Å²) < 4.78 is 0. The molecule has 2 aliphatic rings. The Morgan fingerprint density at radius 3 is 2.70 bits per heavy atom. The maximum absolute atomic E-state index is 13.3. The van der Waals surface area contributed by atoms with Crippen molar-refractivity contribution in [3.8, 4) is 0 Å². The molecule has 0 fully saturated rings. The smallest absolute Gasteiger partial charge is 0.227 e. The highest BCUT2D eigenvalue weighted by molar-refractivity contribution is 7.10. The summed E-state index contributed by atoms with van der Waals surface area (Å²) in [5.74, 6) is 0.155. The van der Waals surface area contributed by atoms with E-state index < -0.39 is 0 Å². The van der Waals surface area contributed by atoms with Gasteiger partial charge in [-0.1, -0.05) is 39.0 Å². The van der Waals surface area contributed by atoms with Crippen molar-refractivity contribution in [3.63, 3.8) is 0 Å². The Morgan fingerprint density at radius 2 is 2.00 bits per heavy atom. The van der Waals surface area contributed by atoms with Gasteiger partial charge in [-0.2, -0.15) is 0 Å². The van der Waals surface area contributed by atoms with E-state index in [4.69, 9.17) is 0 Å². The predicted molar refractivity (Wildman–Crippen MR) is 110 cm³/mol. The van der Waals surface area contributed by atoms with E-state index in [9.17, 15) is 9.59 Å². The lowest BCUT2D eigenvalue weighted by molar-refractivity contribution is -0.119. The summed E-state index contributed by atoms with van der Waals surface area (Å²) in [6.07, 6.45) is 1.68. The number of ketones is 1. The summed E-state index contributed by atoms with van der Waals surface area (Å²) in [6.45, 7) is 6.13. The van der Waals surface area contributed by atoms with Gasteiger partial charge in [-0.25, -0.2) is 0 Å². The van der Waals surface area contributed by atoms with Gasteiger partial charge in [0.25, 0.3) is 0 Å². The fraction of sp³-hybridized carbons (Fsp3) is 0.364. The van der Waals surface area contributed by atoms with Gasteiger partial charge in [-0.15, -0.1) is 11.3 Å². The molecular formula is C22H24N2O2S. The van der Waals surface area contributed by atoms with Gasteiger partial charge in [0.2, 0.25) is 5.91 Å². The first-order chi connectivity index (χ1) is 12.9. The first kappa shape index (κ1) is 18.0. The molecule has 0 unspecified atom stereocenters. The van der Waals surface area contributed by atoms with Crippen molar-refractivity contribution in [1.82, 2.24) is 0 Å². The lowest BCUT2D eigenvalue weighted by Gasteiger charge is -2.36. The van der Waals surface area contributed by atoms with E-state index in [1.165, 1.54) is 0 Å². The van der Waals surface area contributed by atoms with Crippen molar-refractivity contribution >= 4 is 34.4 Å². The Hall–Kier alpha value is -2.40. The molecule has 0 radical (unpaired) electrons. The highest BCUT2D eigenvalue weighted by atomic mass is 32.1. The third-order valence-corrected chi connectivity index (χ3v) is 6.21. The Morgan fingerprint density at radius 1 is 1.22 bits per heavy atom. The van der Waals surface area contributed by atoms with Crippen molar-refractivity contribution in [2.45, 2.75) is 46.1 Å². The third-order valence-electron chi connectivity index (χ3n) is 5.28. The van der Waals surface area contributed by atoms with E-state index in [-0.39, 0.29) is 23.1 Å². The Balaban J connectivity index is 2.00. The van der Waals surface area contributed by atoms with Crippen LogP contribution in [0.15, 0.2) is 53.0 Å². The van der Waals surface area contributed by atoms with E-state index in [0.717, 1.165) is 33.9 Å². The molecule has 0 saturated carbocycles. The topological polar surface area (TPSA) is 49.4 Å². The molecule has 1 amide bonds. The summed E-state index contributed by atoms with van der Waals surface area (Å²) in [7, 11) is 0. The maximum Gasteiger partial charge on any atom is 0.227 e. The Bertz CT molecular complexity index is 928. The number of para-hydroxylation sites is 2. The molecule has 1 aliphatic carbocycles. The number of carbonyl (C=O) groups is 2. The van der Waals surface area contributed by atoms with Gasteiger partial charge in [0.1, 0.15) is 6.04 Å². The second-order valence-corrected chi connectivity index (χ2v) is 8.99. The van der Waals surface area contributed by atoms with Gasteiger partial charge in [0, 0.05) is 29.0 Å². The number of benzene rings is 1. The molecule has 1 aromatic carbocycles. The van der Waals surface area contributed by atoms with E-state index >= 15 is 0 Å². The van der Waals surface area contributed by atoms with Crippen LogP contribution in [0.5, 0.6) is 0 Å². The normalized spacial score (nSPS) is 21.2. The molecule has 140 valence electrons. The second-order valence-electron chi connectivity index (χ2n) is 8.01. The van der Waals surface area contributed by atoms with Gasteiger partial charge in [0.15, 0.2) is 5.78 Å². The molecule has 1 aliphatic heterocycles. The highest BCUT2D eigenvalue weighted by Gasteiger charge is 2.43. The zero-order valence-corrected chi connectivity index (χ0v) is 16.7. The third kappa shape index (κ3) is 3.10. The molecule has 5 heteroatoms. The number of thiophene rings is 1. The van der Waals surface area contributed by atoms with E-state index in [1.807, 2.05) is 53.6 Å². The first-order valence-corrected chi connectivity index (χ1v) is 10.3. The molecular weight excluding hydrogens is 356 g/mol. The Labute approximate surface area is 163 Å². The van der Waals surface area contributed by atoms with Gasteiger partial charge >= 0.3 is 0 Å². The number of nitrogens with zero attached hydrogens (tertiary/aromatic N) is 1. The van der Waals surface area contributed by atoms with Crippen molar-refractivity contribution < 1.29 is 9.59 Å². The molecule has 4 nitrogen and oxygen atoms in total. The largest absolute Gasteiger partial charge is 0.357 e. The lowest BCUT2D eigenvalue weighted by Crippen LogP contribution is -2.38. The zero-order valence-electron chi connectivity index (χ0n) is 15.9. The maximum atomic E-state index is 13.3. The number of amides is 1. The molecule has 1 N–H and O–H groups in total. The van der Waals surface area contributed by atoms with Crippen molar-refractivity contribution in [2.24, 2.45) is 5.41 Å². The molecule has 27 heavy (non-hydrogen) atoms. The summed E-state index contributed by atoms with van der Waals surface area (Å²) >= 11 is 1.59. The van der Waals surface area contributed by atoms with Crippen LogP contribution in [-0.2, 0) is 9.59 Å². The number of nitrogens with one attached hydrogen (secondary N) is 1. The summed E-state index contributed by atoms with van der Waals surface area (Å²) in [6, 6.07) is 11.5. The van der Waals surface area contributed by atoms with Gasteiger partial charge in [-0.05, 0) is 35.4 Å². The average molecular weight is 381 g/mol. The quantitative estimate of drug-likeness (QED) is 0.769. The van der Waals surface area contributed by atoms with Gasteiger partial charge in [-0.3, -0.25) is 14.5 Å². The summed E-state index contributed by atoms with van der Waals surface area (Å²) in [4.78, 5) is 29.2. The monoisotopic (exact) mass is 380 g/mol. The number of carbonyl (C=O) groups excluding carboxylic acids is 2. The fourth-order valence-electron chi connectivity index (χ4n) is 4.15. The molecule has 4 rings (SSSR count). The minimum atomic E-state index is -0.368. The molecule has 1 atom stereocenters. The minimum Gasteiger partial charge on any atom is -0.357 e. The average Bonchev–Trinajstić information content (AvgIpc) is 3.09. The number of Topliss-reactive ketones (excluding diaryl/α,β-unsaturated/α-hetero) is 1. The number of hydrogen-bond donors (Lipinski definition) is 1. The van der Waals surface area contributed by atoms with E-state index in [2.05, 4.69) is 19.2 Å². The highest BCUT2D eigenvalue weighted by Crippen LogP contribution is 2.49. The van der Waals surface area contributed by atoms with Gasteiger partial charge < -0.3 is 5.32 Å². The first-order valence-electron chi connectivity index (χ1n) is 9.39. The van der Waals surface area contributed by atoms with Crippen molar-refractivity contribution in [3.05, 3.63) is 57.9 Å². The number of fused-ring (bicyclic) bond motifs is 1. The standard InChI is InChI=1S/C22H24N2O2S/c1-4-19(26)24-16-9-6-5-8-14(16)23-15-12-22(2,3)13-17(25)20(15)21(24)18-10-7-11-27-18/h5-11,21,23H,4,12-13H2,1-3H3/t21-/m1/s1. The van der Waals surface area contributed by atoms with Crippen LogP contribution in [0, 0.1) is 5.41 Å². The van der Waals surface area contributed by atoms with Crippen LogP contribution in [-0.4, -0.2) is 11.7 Å². The van der Waals surface area contributed by atoms with Gasteiger partial charge in [0.05, 0.1) is 11.4 Å².